The van der Waals surface area contributed by atoms with Crippen LogP contribution in [0.15, 0.2) is 35.7 Å². The number of anilines is 1. The van der Waals surface area contributed by atoms with Crippen LogP contribution in [-0.2, 0) is 16.1 Å². The minimum Gasteiger partial charge on any atom is -0.466 e. The summed E-state index contributed by atoms with van der Waals surface area (Å²) in [6.07, 6.45) is 2.70. The number of nitrogens with zero attached hydrogens (tertiary/aromatic N) is 1. The molecule has 1 aromatic heterocycles. The van der Waals surface area contributed by atoms with Gasteiger partial charge in [-0.3, -0.25) is 10.1 Å². The lowest BCUT2D eigenvalue weighted by Gasteiger charge is -2.07. The second-order valence-corrected chi connectivity index (χ2v) is 5.77. The lowest BCUT2D eigenvalue weighted by Crippen LogP contribution is -2.02. The number of benzene rings is 1. The Morgan fingerprint density at radius 1 is 1.43 bits per heavy atom. The van der Waals surface area contributed by atoms with E-state index >= 15 is 0 Å². The molecule has 0 aliphatic rings. The van der Waals surface area contributed by atoms with E-state index in [1.165, 1.54) is 25.3 Å². The zero-order valence-electron chi connectivity index (χ0n) is 12.7. The highest BCUT2D eigenvalue weighted by molar-refractivity contribution is 7.10. The molecule has 6 nitrogen and oxygen atoms in total. The second kappa shape index (κ2) is 7.55. The number of aryl methyl sites for hydroxylation is 1. The van der Waals surface area contributed by atoms with Gasteiger partial charge in [-0.15, -0.1) is 11.3 Å². The van der Waals surface area contributed by atoms with Crippen LogP contribution < -0.4 is 5.32 Å². The summed E-state index contributed by atoms with van der Waals surface area (Å²) >= 11 is 1.61. The Morgan fingerprint density at radius 2 is 2.22 bits per heavy atom. The van der Waals surface area contributed by atoms with Crippen molar-refractivity contribution >= 4 is 34.8 Å². The molecule has 2 aromatic rings. The minimum absolute atomic E-state index is 0.0359. The molecule has 0 spiro atoms. The Bertz CT molecular complexity index is 752. The number of esters is 1. The average Bonchev–Trinajstić information content (AvgIpc) is 2.95. The monoisotopic (exact) mass is 332 g/mol. The van der Waals surface area contributed by atoms with Gasteiger partial charge in [-0.25, -0.2) is 4.79 Å². The third kappa shape index (κ3) is 4.40. The number of thiophene rings is 1. The van der Waals surface area contributed by atoms with E-state index in [4.69, 9.17) is 0 Å². The fourth-order valence-electron chi connectivity index (χ4n) is 1.95. The first kappa shape index (κ1) is 16.7. The van der Waals surface area contributed by atoms with Gasteiger partial charge in [0.15, 0.2) is 0 Å². The molecule has 2 rings (SSSR count). The van der Waals surface area contributed by atoms with Crippen LogP contribution in [0.3, 0.4) is 0 Å². The Balaban J connectivity index is 2.19. The Kier molecular flexibility index (Phi) is 5.48. The van der Waals surface area contributed by atoms with Gasteiger partial charge in [0.1, 0.15) is 5.69 Å². The van der Waals surface area contributed by atoms with Crippen LogP contribution in [0.1, 0.15) is 16.0 Å². The van der Waals surface area contributed by atoms with Gasteiger partial charge in [0.25, 0.3) is 5.69 Å². The van der Waals surface area contributed by atoms with Gasteiger partial charge in [-0.2, -0.15) is 0 Å². The van der Waals surface area contributed by atoms with E-state index in [2.05, 4.69) is 10.1 Å². The first-order valence-corrected chi connectivity index (χ1v) is 7.70. The Morgan fingerprint density at radius 3 is 2.83 bits per heavy atom. The van der Waals surface area contributed by atoms with E-state index in [0.29, 0.717) is 17.8 Å². The van der Waals surface area contributed by atoms with E-state index in [0.717, 1.165) is 10.4 Å². The van der Waals surface area contributed by atoms with Gasteiger partial charge in [0.2, 0.25) is 0 Å². The maximum atomic E-state index is 11.2. The Hall–Kier alpha value is -2.67. The SMILES string of the molecule is COC(=O)/C=C/c1ccc(NCc2sccc2C)c([N+](=O)[O-])c1. The van der Waals surface area contributed by atoms with E-state index in [1.54, 1.807) is 23.5 Å². The highest BCUT2D eigenvalue weighted by atomic mass is 32.1. The molecule has 0 saturated heterocycles. The van der Waals surface area contributed by atoms with Gasteiger partial charge in [-0.05, 0) is 41.6 Å². The number of nitro groups is 1. The van der Waals surface area contributed by atoms with Gasteiger partial charge in [0.05, 0.1) is 12.0 Å². The quantitative estimate of drug-likeness (QED) is 0.377. The molecule has 0 unspecified atom stereocenters. The van der Waals surface area contributed by atoms with E-state index in [9.17, 15) is 14.9 Å². The second-order valence-electron chi connectivity index (χ2n) is 4.77. The average molecular weight is 332 g/mol. The zero-order chi connectivity index (χ0) is 16.8. The third-order valence-corrected chi connectivity index (χ3v) is 4.26. The maximum absolute atomic E-state index is 11.2. The van der Waals surface area contributed by atoms with Crippen molar-refractivity contribution in [1.29, 1.82) is 0 Å². The fourth-order valence-corrected chi connectivity index (χ4v) is 2.79. The van der Waals surface area contributed by atoms with Gasteiger partial charge >= 0.3 is 5.97 Å². The first-order chi connectivity index (χ1) is 11.0. The molecule has 23 heavy (non-hydrogen) atoms. The summed E-state index contributed by atoms with van der Waals surface area (Å²) in [5.41, 5.74) is 2.12. The number of carbonyl (C=O) groups excluding carboxylic acids is 1. The zero-order valence-corrected chi connectivity index (χ0v) is 13.6. The summed E-state index contributed by atoms with van der Waals surface area (Å²) in [6.45, 7) is 2.53. The van der Waals surface area contributed by atoms with E-state index in [-0.39, 0.29) is 5.69 Å². The van der Waals surface area contributed by atoms with Crippen LogP contribution in [0.4, 0.5) is 11.4 Å². The van der Waals surface area contributed by atoms with Crippen LogP contribution in [-0.4, -0.2) is 18.0 Å². The molecule has 0 saturated carbocycles. The normalized spacial score (nSPS) is 10.7. The van der Waals surface area contributed by atoms with Crippen LogP contribution in [0.5, 0.6) is 0 Å². The van der Waals surface area contributed by atoms with Crippen molar-refractivity contribution in [1.82, 2.24) is 0 Å². The molecule has 0 aliphatic carbocycles. The maximum Gasteiger partial charge on any atom is 0.330 e. The standard InChI is InChI=1S/C16H16N2O4S/c1-11-7-8-23-15(11)10-17-13-5-3-12(4-6-16(19)22-2)9-14(13)18(20)21/h3-9,17H,10H2,1-2H3/b6-4+. The molecule has 1 N–H and O–H groups in total. The van der Waals surface area contributed by atoms with Crippen molar-refractivity contribution in [2.24, 2.45) is 0 Å². The third-order valence-electron chi connectivity index (χ3n) is 3.24. The van der Waals surface area contributed by atoms with Gasteiger partial charge in [0, 0.05) is 23.6 Å². The lowest BCUT2D eigenvalue weighted by molar-refractivity contribution is -0.384. The van der Waals surface area contributed by atoms with E-state index in [1.807, 2.05) is 18.4 Å². The number of nitro benzene ring substituents is 1. The topological polar surface area (TPSA) is 81.5 Å². The molecule has 0 bridgehead atoms. The first-order valence-electron chi connectivity index (χ1n) is 6.82. The summed E-state index contributed by atoms with van der Waals surface area (Å²) < 4.78 is 4.49. The van der Waals surface area contributed by atoms with Crippen molar-refractivity contribution in [2.45, 2.75) is 13.5 Å². The molecule has 0 fully saturated rings. The van der Waals surface area contributed by atoms with Crippen LogP contribution in [0, 0.1) is 17.0 Å². The Labute approximate surface area is 137 Å². The highest BCUT2D eigenvalue weighted by Crippen LogP contribution is 2.27. The summed E-state index contributed by atoms with van der Waals surface area (Å²) in [6, 6.07) is 6.77. The number of ether oxygens (including phenoxy) is 1. The number of rotatable bonds is 6. The molecule has 120 valence electrons. The van der Waals surface area contributed by atoms with Crippen molar-refractivity contribution in [2.75, 3.05) is 12.4 Å². The minimum atomic E-state index is -0.511. The molecule has 1 aromatic carbocycles. The molecule has 7 heteroatoms. The molecule has 0 radical (unpaired) electrons. The molecular weight excluding hydrogens is 316 g/mol. The predicted octanol–water partition coefficient (Wildman–Crippen LogP) is 3.76. The smallest absolute Gasteiger partial charge is 0.330 e. The van der Waals surface area contributed by atoms with Crippen LogP contribution >= 0.6 is 11.3 Å². The van der Waals surface area contributed by atoms with Gasteiger partial charge in [-0.1, -0.05) is 6.07 Å². The molecular formula is C16H16N2O4S. The van der Waals surface area contributed by atoms with Gasteiger partial charge < -0.3 is 10.1 Å². The molecule has 1 heterocycles. The summed E-state index contributed by atoms with van der Waals surface area (Å²) in [5.74, 6) is -0.511. The van der Waals surface area contributed by atoms with Crippen LogP contribution in [0.2, 0.25) is 0 Å². The number of methoxy groups -OCH3 is 1. The van der Waals surface area contributed by atoms with Crippen molar-refractivity contribution in [3.63, 3.8) is 0 Å². The summed E-state index contributed by atoms with van der Waals surface area (Å²) in [5, 5.41) is 16.3. The van der Waals surface area contributed by atoms with Crippen molar-refractivity contribution in [3.05, 3.63) is 61.8 Å². The number of nitrogens with one attached hydrogen (secondary N) is 1. The van der Waals surface area contributed by atoms with Crippen molar-refractivity contribution < 1.29 is 14.5 Å². The van der Waals surface area contributed by atoms with Crippen LogP contribution in [0.25, 0.3) is 6.08 Å². The summed E-state index contributed by atoms with van der Waals surface area (Å²) in [7, 11) is 1.27. The predicted molar refractivity (Wildman–Crippen MR) is 90.5 cm³/mol. The highest BCUT2D eigenvalue weighted by Gasteiger charge is 2.14. The molecule has 0 amide bonds. The van der Waals surface area contributed by atoms with Crippen molar-refractivity contribution in [3.8, 4) is 0 Å². The summed E-state index contributed by atoms with van der Waals surface area (Å²) in [4.78, 5) is 23.0. The fraction of sp³-hybridized carbons (Fsp3) is 0.188. The van der Waals surface area contributed by atoms with E-state index < -0.39 is 10.9 Å². The number of carbonyl (C=O) groups is 1. The number of hydrogen-bond donors (Lipinski definition) is 1. The number of hydrogen-bond acceptors (Lipinski definition) is 6. The molecule has 0 aliphatic heterocycles. The largest absolute Gasteiger partial charge is 0.466 e. The lowest BCUT2D eigenvalue weighted by atomic mass is 10.1. The molecule has 0 atom stereocenters.